The van der Waals surface area contributed by atoms with Gasteiger partial charge in [0, 0.05) is 32.9 Å². The summed E-state index contributed by atoms with van der Waals surface area (Å²) in [7, 11) is 6.12. The van der Waals surface area contributed by atoms with Crippen LogP contribution in [0.15, 0.2) is 42.9 Å². The Balaban J connectivity index is 1.65. The van der Waals surface area contributed by atoms with Crippen LogP contribution in [0.5, 0.6) is 0 Å². The van der Waals surface area contributed by atoms with Gasteiger partial charge in [0.15, 0.2) is 0 Å². The minimum atomic E-state index is 0.335. The van der Waals surface area contributed by atoms with E-state index in [4.69, 9.17) is 4.74 Å². The molecule has 3 atom stereocenters. The zero-order valence-electron chi connectivity index (χ0n) is 16.3. The van der Waals surface area contributed by atoms with Crippen molar-refractivity contribution in [2.75, 3.05) is 33.9 Å². The third-order valence-electron chi connectivity index (χ3n) is 5.53. The molecule has 2 aromatic rings. The van der Waals surface area contributed by atoms with Crippen molar-refractivity contribution in [3.05, 3.63) is 54.1 Å². The number of aromatic nitrogens is 2. The van der Waals surface area contributed by atoms with Crippen molar-refractivity contribution in [1.29, 1.82) is 0 Å². The average Bonchev–Trinajstić information content (AvgIpc) is 3.06. The molecule has 0 amide bonds. The summed E-state index contributed by atoms with van der Waals surface area (Å²) in [5, 5.41) is 3.79. The van der Waals surface area contributed by atoms with Gasteiger partial charge in [-0.3, -0.25) is 4.90 Å². The summed E-state index contributed by atoms with van der Waals surface area (Å²) in [5.41, 5.74) is 2.66. The standard InChI is InChI=1S/C21H32N4O/c1-24-11-7-10-18(21(24)20-14-22-16-25(20)2)13-23-19(15-26-3)12-17-8-5-4-6-9-17/h4-6,8-9,14,16,18-19,21,23H,7,10-13,15H2,1-3H3/t18-,19-,21+/m0/s1. The summed E-state index contributed by atoms with van der Waals surface area (Å²) in [4.78, 5) is 6.82. The molecule has 5 heteroatoms. The Labute approximate surface area is 157 Å². The molecule has 2 heterocycles. The lowest BCUT2D eigenvalue weighted by molar-refractivity contribution is 0.105. The predicted octanol–water partition coefficient (Wildman–Crippen LogP) is 2.65. The summed E-state index contributed by atoms with van der Waals surface area (Å²) >= 11 is 0. The van der Waals surface area contributed by atoms with Gasteiger partial charge in [-0.25, -0.2) is 4.98 Å². The Morgan fingerprint density at radius 3 is 2.77 bits per heavy atom. The van der Waals surface area contributed by atoms with Gasteiger partial charge in [0.2, 0.25) is 0 Å². The lowest BCUT2D eigenvalue weighted by atomic mass is 9.87. The number of benzene rings is 1. The lowest BCUT2D eigenvalue weighted by Gasteiger charge is -2.40. The number of likely N-dealkylation sites (tertiary alicyclic amines) is 1. The topological polar surface area (TPSA) is 42.3 Å². The smallest absolute Gasteiger partial charge is 0.0946 e. The molecular weight excluding hydrogens is 324 g/mol. The average molecular weight is 357 g/mol. The number of ether oxygens (including phenoxy) is 1. The Bertz CT molecular complexity index is 657. The highest BCUT2D eigenvalue weighted by molar-refractivity contribution is 5.16. The maximum absolute atomic E-state index is 5.47. The molecule has 0 bridgehead atoms. The van der Waals surface area contributed by atoms with Gasteiger partial charge in [-0.05, 0) is 44.3 Å². The van der Waals surface area contributed by atoms with E-state index in [-0.39, 0.29) is 0 Å². The molecule has 1 fully saturated rings. The Morgan fingerprint density at radius 2 is 2.08 bits per heavy atom. The number of methoxy groups -OCH3 is 1. The van der Waals surface area contributed by atoms with Gasteiger partial charge in [0.25, 0.3) is 0 Å². The highest BCUT2D eigenvalue weighted by Gasteiger charge is 2.32. The number of nitrogens with one attached hydrogen (secondary N) is 1. The Morgan fingerprint density at radius 1 is 1.27 bits per heavy atom. The number of rotatable bonds is 8. The van der Waals surface area contributed by atoms with Gasteiger partial charge >= 0.3 is 0 Å². The van der Waals surface area contributed by atoms with E-state index >= 15 is 0 Å². The zero-order valence-corrected chi connectivity index (χ0v) is 16.3. The van der Waals surface area contributed by atoms with E-state index in [9.17, 15) is 0 Å². The third kappa shape index (κ3) is 4.72. The highest BCUT2D eigenvalue weighted by Crippen LogP contribution is 2.34. The van der Waals surface area contributed by atoms with Crippen LogP contribution in [0.25, 0.3) is 0 Å². The summed E-state index contributed by atoms with van der Waals surface area (Å²) in [6.45, 7) is 2.88. The number of nitrogens with zero attached hydrogens (tertiary/aromatic N) is 3. The van der Waals surface area contributed by atoms with Gasteiger partial charge in [0.1, 0.15) is 0 Å². The van der Waals surface area contributed by atoms with Crippen LogP contribution in [0.4, 0.5) is 0 Å². The summed E-state index contributed by atoms with van der Waals surface area (Å²) in [5.74, 6) is 0.583. The monoisotopic (exact) mass is 356 g/mol. The lowest BCUT2D eigenvalue weighted by Crippen LogP contribution is -2.45. The maximum Gasteiger partial charge on any atom is 0.0946 e. The molecule has 1 aliphatic rings. The molecule has 5 nitrogen and oxygen atoms in total. The van der Waals surface area contributed by atoms with Crippen molar-refractivity contribution >= 4 is 0 Å². The summed E-state index contributed by atoms with van der Waals surface area (Å²) in [6.07, 6.45) is 7.43. The quantitative estimate of drug-likeness (QED) is 0.790. The van der Waals surface area contributed by atoms with Crippen molar-refractivity contribution < 1.29 is 4.74 Å². The van der Waals surface area contributed by atoms with Gasteiger partial charge in [-0.15, -0.1) is 0 Å². The fraction of sp³-hybridized carbons (Fsp3) is 0.571. The largest absolute Gasteiger partial charge is 0.383 e. The minimum Gasteiger partial charge on any atom is -0.383 e. The number of hydrogen-bond donors (Lipinski definition) is 1. The second-order valence-electron chi connectivity index (χ2n) is 7.51. The van der Waals surface area contributed by atoms with E-state index < -0.39 is 0 Å². The van der Waals surface area contributed by atoms with Crippen LogP contribution in [-0.4, -0.2) is 54.3 Å². The first-order chi connectivity index (χ1) is 12.7. The summed E-state index contributed by atoms with van der Waals surface area (Å²) < 4.78 is 7.63. The van der Waals surface area contributed by atoms with Crippen molar-refractivity contribution in [1.82, 2.24) is 19.8 Å². The SMILES string of the molecule is COC[C@H](Cc1ccccc1)NC[C@@H]1CCCN(C)[C@H]1c1cncn1C. The van der Waals surface area contributed by atoms with Crippen molar-refractivity contribution in [2.24, 2.45) is 13.0 Å². The first-order valence-electron chi connectivity index (χ1n) is 9.61. The van der Waals surface area contributed by atoms with Gasteiger partial charge in [-0.2, -0.15) is 0 Å². The van der Waals surface area contributed by atoms with Crippen molar-refractivity contribution in [3.8, 4) is 0 Å². The number of imidazole rings is 1. The maximum atomic E-state index is 5.47. The Kier molecular flexibility index (Phi) is 6.83. The fourth-order valence-corrected chi connectivity index (χ4v) is 4.20. The molecule has 0 radical (unpaired) electrons. The van der Waals surface area contributed by atoms with Crippen LogP contribution in [0.2, 0.25) is 0 Å². The highest BCUT2D eigenvalue weighted by atomic mass is 16.5. The second kappa shape index (κ2) is 9.31. The van der Waals surface area contributed by atoms with E-state index in [2.05, 4.69) is 64.2 Å². The zero-order chi connectivity index (χ0) is 18.4. The van der Waals surface area contributed by atoms with Crippen LogP contribution in [0, 0.1) is 5.92 Å². The van der Waals surface area contributed by atoms with E-state index in [0.29, 0.717) is 18.0 Å². The normalized spacial score (nSPS) is 22.4. The fourth-order valence-electron chi connectivity index (χ4n) is 4.20. The first kappa shape index (κ1) is 19.1. The van der Waals surface area contributed by atoms with E-state index in [0.717, 1.165) is 26.1 Å². The predicted molar refractivity (Wildman–Crippen MR) is 105 cm³/mol. The molecule has 0 saturated carbocycles. The van der Waals surface area contributed by atoms with Gasteiger partial charge in [0.05, 0.1) is 24.7 Å². The van der Waals surface area contributed by atoms with Crippen molar-refractivity contribution in [2.45, 2.75) is 31.3 Å². The van der Waals surface area contributed by atoms with Crippen LogP contribution in [0.3, 0.4) is 0 Å². The van der Waals surface area contributed by atoms with E-state index in [1.165, 1.54) is 24.1 Å². The molecular formula is C21H32N4O. The molecule has 1 aromatic carbocycles. The van der Waals surface area contributed by atoms with Crippen LogP contribution in [0.1, 0.15) is 30.1 Å². The summed E-state index contributed by atoms with van der Waals surface area (Å²) in [6, 6.07) is 11.4. The van der Waals surface area contributed by atoms with E-state index in [1.54, 1.807) is 7.11 Å². The molecule has 1 N–H and O–H groups in total. The van der Waals surface area contributed by atoms with Gasteiger partial charge in [-0.1, -0.05) is 30.3 Å². The molecule has 142 valence electrons. The first-order valence-corrected chi connectivity index (χ1v) is 9.61. The number of hydrogen-bond acceptors (Lipinski definition) is 4. The molecule has 0 spiro atoms. The molecule has 0 aliphatic carbocycles. The Hall–Kier alpha value is -1.69. The molecule has 0 unspecified atom stereocenters. The second-order valence-corrected chi connectivity index (χ2v) is 7.51. The van der Waals surface area contributed by atoms with Crippen LogP contribution < -0.4 is 5.32 Å². The third-order valence-corrected chi connectivity index (χ3v) is 5.53. The van der Waals surface area contributed by atoms with Crippen LogP contribution >= 0.6 is 0 Å². The minimum absolute atomic E-state index is 0.335. The molecule has 3 rings (SSSR count). The molecule has 26 heavy (non-hydrogen) atoms. The van der Waals surface area contributed by atoms with Crippen LogP contribution in [-0.2, 0) is 18.2 Å². The number of piperidine rings is 1. The molecule has 1 aliphatic heterocycles. The molecule has 1 aromatic heterocycles. The number of aryl methyl sites for hydroxylation is 1. The molecule has 1 saturated heterocycles. The van der Waals surface area contributed by atoms with Crippen molar-refractivity contribution in [3.63, 3.8) is 0 Å². The van der Waals surface area contributed by atoms with E-state index in [1.807, 2.05) is 12.5 Å². The van der Waals surface area contributed by atoms with Gasteiger partial charge < -0.3 is 14.6 Å².